The van der Waals surface area contributed by atoms with Crippen LogP contribution < -0.4 is 0 Å². The fourth-order valence-electron chi connectivity index (χ4n) is 3.48. The second-order valence-corrected chi connectivity index (χ2v) is 8.17. The molecule has 32 heavy (non-hydrogen) atoms. The number of carbonyl (C=O) groups is 1. The van der Waals surface area contributed by atoms with Gasteiger partial charge in [0.15, 0.2) is 0 Å². The van der Waals surface area contributed by atoms with Crippen molar-refractivity contribution < 1.29 is 9.32 Å². The number of nitrogens with zero attached hydrogens (tertiary/aromatic N) is 4. The van der Waals surface area contributed by atoms with Crippen LogP contribution in [-0.2, 0) is 6.54 Å². The zero-order valence-corrected chi connectivity index (χ0v) is 18.6. The Hall–Kier alpha value is -3.19. The van der Waals surface area contributed by atoms with E-state index >= 15 is 0 Å². The lowest BCUT2D eigenvalue weighted by Gasteiger charge is -2.09. The van der Waals surface area contributed by atoms with Crippen LogP contribution in [0.25, 0.3) is 22.5 Å². The molecule has 0 aliphatic heterocycles. The van der Waals surface area contributed by atoms with E-state index < -0.39 is 5.78 Å². The topological polar surface area (TPSA) is 73.8 Å². The summed E-state index contributed by atoms with van der Waals surface area (Å²) >= 11 is 19.1. The quantitative estimate of drug-likeness (QED) is 0.273. The largest absolute Gasteiger partial charge is 0.332 e. The van der Waals surface area contributed by atoms with E-state index in [-0.39, 0.29) is 16.9 Å². The summed E-state index contributed by atoms with van der Waals surface area (Å²) in [5, 5.41) is 5.84. The predicted molar refractivity (Wildman–Crippen MR) is 123 cm³/mol. The number of rotatable bonds is 5. The van der Waals surface area contributed by atoms with E-state index in [1.165, 1.54) is 0 Å². The summed E-state index contributed by atoms with van der Waals surface area (Å²) < 4.78 is 7.07. The summed E-state index contributed by atoms with van der Waals surface area (Å²) in [4.78, 5) is 21.8. The maximum absolute atomic E-state index is 13.4. The fraction of sp³-hybridized carbons (Fsp3) is 0.0435. The zero-order valence-electron chi connectivity index (χ0n) is 16.3. The van der Waals surface area contributed by atoms with Crippen molar-refractivity contribution in [1.29, 1.82) is 0 Å². The molecule has 2 aromatic carbocycles. The molecule has 5 rings (SSSR count). The van der Waals surface area contributed by atoms with Crippen molar-refractivity contribution in [3.8, 4) is 11.6 Å². The van der Waals surface area contributed by atoms with Crippen molar-refractivity contribution in [2.75, 3.05) is 0 Å². The molecule has 0 aliphatic rings. The van der Waals surface area contributed by atoms with Crippen LogP contribution in [0.5, 0.6) is 0 Å². The molecule has 3 heterocycles. The first-order valence-electron chi connectivity index (χ1n) is 9.53. The average Bonchev–Trinajstić information content (AvgIpc) is 3.40. The Morgan fingerprint density at radius 1 is 1.00 bits per heavy atom. The number of hydrogen-bond acceptors (Lipinski definition) is 5. The van der Waals surface area contributed by atoms with Crippen LogP contribution in [0.4, 0.5) is 0 Å². The molecule has 0 radical (unpaired) electrons. The lowest BCUT2D eigenvalue weighted by molar-refractivity contribution is 0.102. The van der Waals surface area contributed by atoms with E-state index in [9.17, 15) is 4.79 Å². The molecule has 0 atom stereocenters. The Labute approximate surface area is 197 Å². The highest BCUT2D eigenvalue weighted by Gasteiger charge is 2.26. The number of ketones is 1. The predicted octanol–water partition coefficient (Wildman–Crippen LogP) is 6.33. The number of hydrogen-bond donors (Lipinski definition) is 0. The summed E-state index contributed by atoms with van der Waals surface area (Å²) in [5.41, 5.74) is 2.36. The Morgan fingerprint density at radius 3 is 2.59 bits per heavy atom. The van der Waals surface area contributed by atoms with Crippen molar-refractivity contribution >= 4 is 51.5 Å². The molecule has 0 N–H and O–H groups in total. The lowest BCUT2D eigenvalue weighted by Crippen LogP contribution is -2.06. The lowest BCUT2D eigenvalue weighted by atomic mass is 10.1. The molecule has 5 aromatic rings. The fourth-order valence-corrected chi connectivity index (χ4v) is 4.29. The van der Waals surface area contributed by atoms with Crippen LogP contribution in [0.3, 0.4) is 0 Å². The SMILES string of the molecule is O=C(c1noc(-c2ccccn2)n1)c1c(Cl)n(Cc2ccc(Cl)cc2Cl)c2ccccc12. The van der Waals surface area contributed by atoms with Gasteiger partial charge < -0.3 is 9.09 Å². The van der Waals surface area contributed by atoms with E-state index in [4.69, 9.17) is 39.3 Å². The van der Waals surface area contributed by atoms with Gasteiger partial charge in [0.1, 0.15) is 10.8 Å². The van der Waals surface area contributed by atoms with E-state index in [1.807, 2.05) is 34.9 Å². The number of para-hydroxylation sites is 1. The minimum Gasteiger partial charge on any atom is -0.332 e. The van der Waals surface area contributed by atoms with Crippen LogP contribution in [0.1, 0.15) is 21.7 Å². The maximum atomic E-state index is 13.4. The Balaban J connectivity index is 1.58. The summed E-state index contributed by atoms with van der Waals surface area (Å²) in [5.74, 6) is -0.389. The number of aromatic nitrogens is 4. The van der Waals surface area contributed by atoms with Gasteiger partial charge in [-0.2, -0.15) is 4.98 Å². The molecule has 0 bridgehead atoms. The first-order chi connectivity index (χ1) is 15.5. The molecule has 0 spiro atoms. The van der Waals surface area contributed by atoms with Crippen LogP contribution in [0.2, 0.25) is 15.2 Å². The summed E-state index contributed by atoms with van der Waals surface area (Å²) in [6, 6.07) is 18.0. The van der Waals surface area contributed by atoms with E-state index in [2.05, 4.69) is 15.1 Å². The van der Waals surface area contributed by atoms with Gasteiger partial charge in [-0.05, 0) is 35.9 Å². The third kappa shape index (κ3) is 3.66. The smallest absolute Gasteiger partial charge is 0.276 e. The van der Waals surface area contributed by atoms with Crippen LogP contribution in [-0.4, -0.2) is 25.5 Å². The number of carbonyl (C=O) groups excluding carboxylic acids is 1. The molecular weight excluding hydrogens is 471 g/mol. The molecule has 0 saturated heterocycles. The molecular formula is C23H13Cl3N4O2. The summed E-state index contributed by atoms with van der Waals surface area (Å²) in [6.07, 6.45) is 1.60. The molecule has 0 aliphatic carbocycles. The van der Waals surface area contributed by atoms with Crippen molar-refractivity contribution in [1.82, 2.24) is 19.7 Å². The van der Waals surface area contributed by atoms with E-state index in [0.29, 0.717) is 33.2 Å². The van der Waals surface area contributed by atoms with Gasteiger partial charge in [0, 0.05) is 21.6 Å². The molecule has 0 amide bonds. The van der Waals surface area contributed by atoms with Gasteiger partial charge in [0.25, 0.3) is 5.89 Å². The van der Waals surface area contributed by atoms with Crippen molar-refractivity contribution in [2.24, 2.45) is 0 Å². The third-order valence-electron chi connectivity index (χ3n) is 4.99. The monoisotopic (exact) mass is 482 g/mol. The number of halogens is 3. The van der Waals surface area contributed by atoms with Gasteiger partial charge >= 0.3 is 0 Å². The Bertz CT molecular complexity index is 1460. The maximum Gasteiger partial charge on any atom is 0.276 e. The minimum absolute atomic E-state index is 0.0972. The van der Waals surface area contributed by atoms with Gasteiger partial charge in [-0.15, -0.1) is 0 Å². The van der Waals surface area contributed by atoms with Crippen molar-refractivity contribution in [3.63, 3.8) is 0 Å². The molecule has 3 aromatic heterocycles. The number of fused-ring (bicyclic) bond motifs is 1. The summed E-state index contributed by atoms with van der Waals surface area (Å²) in [6.45, 7) is 0.355. The highest BCUT2D eigenvalue weighted by Crippen LogP contribution is 2.33. The van der Waals surface area contributed by atoms with Crippen molar-refractivity contribution in [2.45, 2.75) is 6.54 Å². The molecule has 158 valence electrons. The van der Waals surface area contributed by atoms with Gasteiger partial charge in [0.2, 0.25) is 11.6 Å². The van der Waals surface area contributed by atoms with Crippen LogP contribution in [0.15, 0.2) is 71.4 Å². The molecule has 6 nitrogen and oxygen atoms in total. The standard InChI is InChI=1S/C23H13Cl3N4O2/c24-14-9-8-13(16(25)11-14)12-30-18-7-2-1-5-15(18)19(21(30)26)20(31)22-28-23(32-29-22)17-6-3-4-10-27-17/h1-11H,12H2. The first-order valence-corrected chi connectivity index (χ1v) is 10.7. The minimum atomic E-state index is -0.446. The van der Waals surface area contributed by atoms with Crippen LogP contribution >= 0.6 is 34.8 Å². The summed E-state index contributed by atoms with van der Waals surface area (Å²) in [7, 11) is 0. The number of pyridine rings is 1. The Kier molecular flexibility index (Phi) is 5.43. The van der Waals surface area contributed by atoms with E-state index in [0.717, 1.165) is 11.1 Å². The number of benzene rings is 2. The van der Waals surface area contributed by atoms with E-state index in [1.54, 1.807) is 36.5 Å². The molecule has 0 saturated carbocycles. The zero-order chi connectivity index (χ0) is 22.2. The van der Waals surface area contributed by atoms with Gasteiger partial charge in [0.05, 0.1) is 17.6 Å². The second kappa shape index (κ2) is 8.39. The van der Waals surface area contributed by atoms with Crippen molar-refractivity contribution in [3.05, 3.63) is 99.0 Å². The highest BCUT2D eigenvalue weighted by atomic mass is 35.5. The average molecular weight is 484 g/mol. The van der Waals surface area contributed by atoms with Gasteiger partial charge in [-0.25, -0.2) is 0 Å². The third-order valence-corrected chi connectivity index (χ3v) is 5.97. The Morgan fingerprint density at radius 2 is 1.81 bits per heavy atom. The van der Waals surface area contributed by atoms with Crippen LogP contribution in [0, 0.1) is 0 Å². The molecule has 9 heteroatoms. The molecule has 0 fully saturated rings. The molecule has 0 unspecified atom stereocenters. The highest BCUT2D eigenvalue weighted by molar-refractivity contribution is 6.37. The van der Waals surface area contributed by atoms with Gasteiger partial charge in [-0.1, -0.05) is 70.3 Å². The van der Waals surface area contributed by atoms with Gasteiger partial charge in [-0.3, -0.25) is 9.78 Å². The normalized spacial score (nSPS) is 11.2. The second-order valence-electron chi connectivity index (χ2n) is 6.97. The first kappa shape index (κ1) is 20.7.